The molecule has 1 fully saturated rings. The summed E-state index contributed by atoms with van der Waals surface area (Å²) in [6.07, 6.45) is 2.91. The number of likely N-dealkylation sites (tertiary alicyclic amines) is 1. The summed E-state index contributed by atoms with van der Waals surface area (Å²) in [5, 5.41) is 9.83. The second-order valence-electron chi connectivity index (χ2n) is 8.97. The average Bonchev–Trinajstić information content (AvgIpc) is 2.65. The Morgan fingerprint density at radius 3 is 2.16 bits per heavy atom. The summed E-state index contributed by atoms with van der Waals surface area (Å²) in [5.41, 5.74) is 4.28. The lowest BCUT2D eigenvalue weighted by Gasteiger charge is -2.34. The molecule has 0 aromatic carbocycles. The zero-order valence-corrected chi connectivity index (χ0v) is 22.4. The van der Waals surface area contributed by atoms with E-state index in [4.69, 9.17) is 15.5 Å². The number of halogens is 1. The third-order valence-corrected chi connectivity index (χ3v) is 5.31. The molecule has 0 aromatic heterocycles. The Morgan fingerprint density at radius 1 is 1.13 bits per heavy atom. The smallest absolute Gasteiger partial charge is 0.408 e. The van der Waals surface area contributed by atoms with E-state index < -0.39 is 17.2 Å². The molecule has 1 heterocycles. The van der Waals surface area contributed by atoms with Crippen molar-refractivity contribution in [3.05, 3.63) is 0 Å². The van der Waals surface area contributed by atoms with Crippen molar-refractivity contribution < 1.29 is 14.3 Å². The summed E-state index contributed by atoms with van der Waals surface area (Å²) in [4.78, 5) is 30.3. The van der Waals surface area contributed by atoms with E-state index in [0.717, 1.165) is 51.3 Å². The highest BCUT2D eigenvalue weighted by Gasteiger charge is 2.31. The van der Waals surface area contributed by atoms with Gasteiger partial charge in [0.2, 0.25) is 5.91 Å². The number of primary amides is 1. The summed E-state index contributed by atoms with van der Waals surface area (Å²) in [6.45, 7) is 14.8. The summed E-state index contributed by atoms with van der Waals surface area (Å²) >= 11 is 0. The van der Waals surface area contributed by atoms with Gasteiger partial charge in [-0.25, -0.2) is 4.79 Å². The average molecular weight is 555 g/mol. The molecule has 31 heavy (non-hydrogen) atoms. The van der Waals surface area contributed by atoms with Gasteiger partial charge >= 0.3 is 6.09 Å². The van der Waals surface area contributed by atoms with Gasteiger partial charge in [0.15, 0.2) is 5.96 Å². The Bertz CT molecular complexity index is 582. The number of nitrogens with two attached hydrogens (primary N) is 1. The van der Waals surface area contributed by atoms with E-state index in [1.807, 2.05) is 41.5 Å². The van der Waals surface area contributed by atoms with Gasteiger partial charge in [0.25, 0.3) is 0 Å². The van der Waals surface area contributed by atoms with Crippen LogP contribution in [0.5, 0.6) is 0 Å². The number of piperidine rings is 1. The molecule has 5 N–H and O–H groups in total. The van der Waals surface area contributed by atoms with Crippen LogP contribution in [0.3, 0.4) is 0 Å². The Morgan fingerprint density at radius 2 is 1.71 bits per heavy atom. The first-order chi connectivity index (χ1) is 14.0. The van der Waals surface area contributed by atoms with E-state index in [-0.39, 0.29) is 35.9 Å². The van der Waals surface area contributed by atoms with Gasteiger partial charge in [0.1, 0.15) is 5.60 Å². The number of guanidine groups is 1. The number of rotatable bonds is 9. The summed E-state index contributed by atoms with van der Waals surface area (Å²) < 4.78 is 5.44. The Balaban J connectivity index is 0.00000900. The number of carbonyl (C=O) groups is 2. The lowest BCUT2D eigenvalue weighted by molar-refractivity contribution is -0.119. The minimum absolute atomic E-state index is 0. The van der Waals surface area contributed by atoms with Gasteiger partial charge in [0.05, 0.1) is 18.6 Å². The van der Waals surface area contributed by atoms with Crippen molar-refractivity contribution in [1.82, 2.24) is 20.9 Å². The predicted molar refractivity (Wildman–Crippen MR) is 136 cm³/mol. The fraction of sp³-hybridized carbons (Fsp3) is 0.857. The van der Waals surface area contributed by atoms with Crippen LogP contribution in [0.25, 0.3) is 0 Å². The molecule has 0 aromatic rings. The molecule has 2 amide bonds. The number of carbonyl (C=O) groups excluding carboxylic acids is 2. The second-order valence-corrected chi connectivity index (χ2v) is 8.97. The molecule has 1 aliphatic rings. The topological polar surface area (TPSA) is 121 Å². The third-order valence-electron chi connectivity index (χ3n) is 5.31. The Kier molecular flexibility index (Phi) is 13.4. The van der Waals surface area contributed by atoms with Crippen molar-refractivity contribution in [3.8, 4) is 0 Å². The fourth-order valence-electron chi connectivity index (χ4n) is 3.41. The standard InChI is InChI=1S/C21H42N6O3.HI/c1-7-21(8-2,26-19(29)30-20(4,5)6)15-24-18(23-9-3)25-16-10-12-27(13-11-16)14-17(22)28;/h16H,7-15H2,1-6H3,(H2,22,28)(H,26,29)(H2,23,24,25);1H. The van der Waals surface area contributed by atoms with Crippen molar-refractivity contribution in [2.75, 3.05) is 32.7 Å². The summed E-state index contributed by atoms with van der Waals surface area (Å²) in [6, 6.07) is 0.281. The van der Waals surface area contributed by atoms with Crippen molar-refractivity contribution in [3.63, 3.8) is 0 Å². The summed E-state index contributed by atoms with van der Waals surface area (Å²) in [5.74, 6) is 0.451. The zero-order chi connectivity index (χ0) is 22.8. The van der Waals surface area contributed by atoms with Crippen LogP contribution in [0.15, 0.2) is 4.99 Å². The van der Waals surface area contributed by atoms with E-state index in [1.165, 1.54) is 0 Å². The molecule has 182 valence electrons. The number of hydrogen-bond donors (Lipinski definition) is 4. The third kappa shape index (κ3) is 11.8. The van der Waals surface area contributed by atoms with Crippen molar-refractivity contribution in [2.24, 2.45) is 10.7 Å². The van der Waals surface area contributed by atoms with Crippen LogP contribution < -0.4 is 21.7 Å². The van der Waals surface area contributed by atoms with Crippen molar-refractivity contribution >= 4 is 41.9 Å². The van der Waals surface area contributed by atoms with Crippen LogP contribution in [0, 0.1) is 0 Å². The molecule has 0 atom stereocenters. The van der Waals surface area contributed by atoms with E-state index in [2.05, 4.69) is 20.9 Å². The van der Waals surface area contributed by atoms with Crippen LogP contribution in [-0.4, -0.2) is 72.8 Å². The molecule has 1 aliphatic heterocycles. The number of amides is 2. The van der Waals surface area contributed by atoms with Crippen LogP contribution in [0.4, 0.5) is 4.79 Å². The molecule has 10 heteroatoms. The maximum Gasteiger partial charge on any atom is 0.408 e. The van der Waals surface area contributed by atoms with Crippen molar-refractivity contribution in [1.29, 1.82) is 0 Å². The highest BCUT2D eigenvalue weighted by molar-refractivity contribution is 14.0. The number of ether oxygens (including phenoxy) is 1. The van der Waals surface area contributed by atoms with Gasteiger partial charge < -0.3 is 26.4 Å². The molecule has 0 aliphatic carbocycles. The monoisotopic (exact) mass is 554 g/mol. The zero-order valence-electron chi connectivity index (χ0n) is 20.0. The predicted octanol–water partition coefficient (Wildman–Crippen LogP) is 2.19. The highest BCUT2D eigenvalue weighted by Crippen LogP contribution is 2.18. The van der Waals surface area contributed by atoms with E-state index in [1.54, 1.807) is 0 Å². The first-order valence-corrected chi connectivity index (χ1v) is 11.1. The van der Waals surface area contributed by atoms with Gasteiger partial charge in [-0.2, -0.15) is 0 Å². The van der Waals surface area contributed by atoms with E-state index in [0.29, 0.717) is 13.1 Å². The fourth-order valence-corrected chi connectivity index (χ4v) is 3.41. The van der Waals surface area contributed by atoms with Gasteiger partial charge in [-0.1, -0.05) is 13.8 Å². The quantitative estimate of drug-likeness (QED) is 0.197. The number of hydrogen-bond acceptors (Lipinski definition) is 5. The lowest BCUT2D eigenvalue weighted by atomic mass is 9.93. The van der Waals surface area contributed by atoms with Crippen LogP contribution in [0.2, 0.25) is 0 Å². The second kappa shape index (κ2) is 14.0. The molecule has 0 unspecified atom stereocenters. The summed E-state index contributed by atoms with van der Waals surface area (Å²) in [7, 11) is 0. The first kappa shape index (κ1) is 29.7. The Labute approximate surface area is 204 Å². The minimum Gasteiger partial charge on any atom is -0.444 e. The van der Waals surface area contributed by atoms with E-state index in [9.17, 15) is 9.59 Å². The first-order valence-electron chi connectivity index (χ1n) is 11.1. The molecule has 0 spiro atoms. The number of nitrogens with one attached hydrogen (secondary N) is 3. The SMILES string of the molecule is CCNC(=NCC(CC)(CC)NC(=O)OC(C)(C)C)NC1CCN(CC(N)=O)CC1.I. The van der Waals surface area contributed by atoms with Crippen LogP contribution in [-0.2, 0) is 9.53 Å². The van der Waals surface area contributed by atoms with Gasteiger partial charge in [0, 0.05) is 25.7 Å². The van der Waals surface area contributed by atoms with Crippen LogP contribution in [0.1, 0.15) is 67.2 Å². The van der Waals surface area contributed by atoms with Crippen LogP contribution >= 0.6 is 24.0 Å². The van der Waals surface area contributed by atoms with Gasteiger partial charge in [-0.3, -0.25) is 14.7 Å². The molecule has 1 saturated heterocycles. The molecular formula is C21H43IN6O3. The van der Waals surface area contributed by atoms with E-state index >= 15 is 0 Å². The molecule has 0 bridgehead atoms. The largest absolute Gasteiger partial charge is 0.444 e. The molecule has 9 nitrogen and oxygen atoms in total. The lowest BCUT2D eigenvalue weighted by Crippen LogP contribution is -2.53. The molecule has 0 saturated carbocycles. The molecule has 1 rings (SSSR count). The minimum atomic E-state index is -0.541. The van der Waals surface area contributed by atoms with Gasteiger partial charge in [-0.05, 0) is 53.4 Å². The maximum atomic E-state index is 12.3. The number of aliphatic imine (C=N–C) groups is 1. The van der Waals surface area contributed by atoms with Gasteiger partial charge in [-0.15, -0.1) is 24.0 Å². The maximum absolute atomic E-state index is 12.3. The number of alkyl carbamates (subject to hydrolysis) is 1. The molecule has 0 radical (unpaired) electrons. The highest BCUT2D eigenvalue weighted by atomic mass is 127. The molecular weight excluding hydrogens is 511 g/mol. The van der Waals surface area contributed by atoms with Crippen molar-refractivity contribution in [2.45, 2.75) is 84.4 Å². The normalized spacial score (nSPS) is 16.3. The number of nitrogens with zero attached hydrogens (tertiary/aromatic N) is 2. The Hall–Kier alpha value is -1.30.